The number of aryl methyl sites for hydroxylation is 1. The lowest BCUT2D eigenvalue weighted by Crippen LogP contribution is -2.43. The number of rotatable bonds is 3. The van der Waals surface area contributed by atoms with Crippen LogP contribution in [0, 0.1) is 12.7 Å². The third-order valence-corrected chi connectivity index (χ3v) is 4.21. The summed E-state index contributed by atoms with van der Waals surface area (Å²) in [5.74, 6) is -0.996. The Balaban J connectivity index is 1.76. The molecule has 1 N–H and O–H groups in total. The van der Waals surface area contributed by atoms with Crippen LogP contribution in [-0.4, -0.2) is 29.3 Å². The standard InChI is InChI=1S/C19H19FN2O2/c1-13-6-4-7-14(12-13)19(24)22-11-5-10-17(22)18(23)21-16-9-3-2-8-15(16)20/h2-4,6-9,12,17H,5,10-11H2,1H3,(H,21,23). The van der Waals surface area contributed by atoms with Crippen LogP contribution in [0.3, 0.4) is 0 Å². The molecule has 0 bridgehead atoms. The summed E-state index contributed by atoms with van der Waals surface area (Å²) in [5, 5.41) is 2.59. The maximum absolute atomic E-state index is 13.7. The van der Waals surface area contributed by atoms with Crippen molar-refractivity contribution in [3.8, 4) is 0 Å². The Bertz CT molecular complexity index is 775. The third kappa shape index (κ3) is 3.30. The molecule has 2 aromatic carbocycles. The molecular formula is C19H19FN2O2. The van der Waals surface area contributed by atoms with Gasteiger partial charge in [-0.2, -0.15) is 0 Å². The Labute approximate surface area is 140 Å². The summed E-state index contributed by atoms with van der Waals surface area (Å²) in [6.45, 7) is 2.45. The molecule has 124 valence electrons. The van der Waals surface area contributed by atoms with Crippen molar-refractivity contribution < 1.29 is 14.0 Å². The maximum Gasteiger partial charge on any atom is 0.254 e. The highest BCUT2D eigenvalue weighted by Crippen LogP contribution is 2.23. The van der Waals surface area contributed by atoms with E-state index in [2.05, 4.69) is 5.32 Å². The van der Waals surface area contributed by atoms with Gasteiger partial charge in [-0.25, -0.2) is 4.39 Å². The van der Waals surface area contributed by atoms with Gasteiger partial charge in [0.25, 0.3) is 5.91 Å². The lowest BCUT2D eigenvalue weighted by molar-refractivity contribution is -0.119. The van der Waals surface area contributed by atoms with Crippen molar-refractivity contribution in [1.29, 1.82) is 0 Å². The molecule has 1 fully saturated rings. The molecule has 1 aliphatic heterocycles. The van der Waals surface area contributed by atoms with Crippen LogP contribution in [0.25, 0.3) is 0 Å². The van der Waals surface area contributed by atoms with Crippen LogP contribution in [0.4, 0.5) is 10.1 Å². The van der Waals surface area contributed by atoms with Crippen molar-refractivity contribution in [2.24, 2.45) is 0 Å². The van der Waals surface area contributed by atoms with Gasteiger partial charge in [0, 0.05) is 12.1 Å². The van der Waals surface area contributed by atoms with Gasteiger partial charge in [-0.05, 0) is 44.0 Å². The average molecular weight is 326 g/mol. The van der Waals surface area contributed by atoms with Gasteiger partial charge in [-0.3, -0.25) is 9.59 Å². The van der Waals surface area contributed by atoms with E-state index in [1.54, 1.807) is 23.1 Å². The van der Waals surface area contributed by atoms with E-state index < -0.39 is 11.9 Å². The predicted octanol–water partition coefficient (Wildman–Crippen LogP) is 3.38. The van der Waals surface area contributed by atoms with Crippen LogP contribution in [0.1, 0.15) is 28.8 Å². The van der Waals surface area contributed by atoms with Crippen molar-refractivity contribution in [3.05, 3.63) is 65.5 Å². The molecule has 0 spiro atoms. The second-order valence-corrected chi connectivity index (χ2v) is 6.00. The fourth-order valence-corrected chi connectivity index (χ4v) is 3.00. The summed E-state index contributed by atoms with van der Waals surface area (Å²) in [4.78, 5) is 26.8. The number of benzene rings is 2. The first-order chi connectivity index (χ1) is 11.6. The number of amides is 2. The van der Waals surface area contributed by atoms with Crippen molar-refractivity contribution in [2.45, 2.75) is 25.8 Å². The summed E-state index contributed by atoms with van der Waals surface area (Å²) in [5.41, 5.74) is 1.70. The molecule has 5 heteroatoms. The van der Waals surface area contributed by atoms with E-state index in [4.69, 9.17) is 0 Å². The molecule has 0 radical (unpaired) electrons. The van der Waals surface area contributed by atoms with Gasteiger partial charge in [0.15, 0.2) is 0 Å². The van der Waals surface area contributed by atoms with E-state index in [0.717, 1.165) is 12.0 Å². The number of nitrogens with zero attached hydrogens (tertiary/aromatic N) is 1. The van der Waals surface area contributed by atoms with Crippen LogP contribution >= 0.6 is 0 Å². The minimum Gasteiger partial charge on any atom is -0.327 e. The molecule has 1 heterocycles. The molecular weight excluding hydrogens is 307 g/mol. The molecule has 2 aromatic rings. The Kier molecular flexibility index (Phi) is 4.60. The highest BCUT2D eigenvalue weighted by molar-refractivity contribution is 6.01. The lowest BCUT2D eigenvalue weighted by atomic mass is 10.1. The van der Waals surface area contributed by atoms with Gasteiger partial charge >= 0.3 is 0 Å². The molecule has 1 atom stereocenters. The number of para-hydroxylation sites is 1. The van der Waals surface area contributed by atoms with Crippen molar-refractivity contribution >= 4 is 17.5 Å². The fourth-order valence-electron chi connectivity index (χ4n) is 3.00. The number of halogens is 1. The van der Waals surface area contributed by atoms with Crippen LogP contribution in [0.5, 0.6) is 0 Å². The molecule has 4 nitrogen and oxygen atoms in total. The number of hydrogen-bond acceptors (Lipinski definition) is 2. The molecule has 2 amide bonds. The van der Waals surface area contributed by atoms with Gasteiger partial charge in [0.2, 0.25) is 5.91 Å². The smallest absolute Gasteiger partial charge is 0.254 e. The van der Waals surface area contributed by atoms with Crippen LogP contribution in [0.2, 0.25) is 0 Å². The van der Waals surface area contributed by atoms with E-state index in [9.17, 15) is 14.0 Å². The van der Waals surface area contributed by atoms with E-state index in [-0.39, 0.29) is 17.5 Å². The highest BCUT2D eigenvalue weighted by Gasteiger charge is 2.34. The second kappa shape index (κ2) is 6.83. The van der Waals surface area contributed by atoms with Gasteiger partial charge in [-0.1, -0.05) is 29.8 Å². The number of carbonyl (C=O) groups excluding carboxylic acids is 2. The minimum absolute atomic E-state index is 0.136. The number of carbonyl (C=O) groups is 2. The molecule has 1 unspecified atom stereocenters. The van der Waals surface area contributed by atoms with Crippen molar-refractivity contribution in [2.75, 3.05) is 11.9 Å². The molecule has 0 saturated carbocycles. The number of likely N-dealkylation sites (tertiary alicyclic amines) is 1. The molecule has 0 aromatic heterocycles. The summed E-state index contributed by atoms with van der Waals surface area (Å²) in [6.07, 6.45) is 1.34. The maximum atomic E-state index is 13.7. The monoisotopic (exact) mass is 326 g/mol. The van der Waals surface area contributed by atoms with Crippen LogP contribution < -0.4 is 5.32 Å². The molecule has 0 aliphatic carbocycles. The Morgan fingerprint density at radius 3 is 2.71 bits per heavy atom. The summed E-state index contributed by atoms with van der Waals surface area (Å²) < 4.78 is 13.7. The first-order valence-corrected chi connectivity index (χ1v) is 7.99. The largest absolute Gasteiger partial charge is 0.327 e. The average Bonchev–Trinajstić information content (AvgIpc) is 3.06. The first-order valence-electron chi connectivity index (χ1n) is 7.99. The zero-order valence-electron chi connectivity index (χ0n) is 13.5. The zero-order valence-corrected chi connectivity index (χ0v) is 13.5. The summed E-state index contributed by atoms with van der Waals surface area (Å²) in [6, 6.07) is 12.8. The SMILES string of the molecule is Cc1cccc(C(=O)N2CCCC2C(=O)Nc2ccccc2F)c1. The molecule has 1 aliphatic rings. The Morgan fingerprint density at radius 2 is 1.96 bits per heavy atom. The van der Waals surface area contributed by atoms with Crippen molar-refractivity contribution in [3.63, 3.8) is 0 Å². The quantitative estimate of drug-likeness (QED) is 0.940. The Morgan fingerprint density at radius 1 is 1.17 bits per heavy atom. The number of hydrogen-bond donors (Lipinski definition) is 1. The zero-order chi connectivity index (χ0) is 17.1. The van der Waals surface area contributed by atoms with E-state index in [1.807, 2.05) is 25.1 Å². The minimum atomic E-state index is -0.572. The second-order valence-electron chi connectivity index (χ2n) is 6.00. The van der Waals surface area contributed by atoms with Gasteiger partial charge in [-0.15, -0.1) is 0 Å². The lowest BCUT2D eigenvalue weighted by Gasteiger charge is -2.24. The highest BCUT2D eigenvalue weighted by atomic mass is 19.1. The topological polar surface area (TPSA) is 49.4 Å². The fraction of sp³-hybridized carbons (Fsp3) is 0.263. The van der Waals surface area contributed by atoms with E-state index in [0.29, 0.717) is 18.5 Å². The molecule has 3 rings (SSSR count). The third-order valence-electron chi connectivity index (χ3n) is 4.21. The van der Waals surface area contributed by atoms with Gasteiger partial charge < -0.3 is 10.2 Å². The predicted molar refractivity (Wildman–Crippen MR) is 90.3 cm³/mol. The molecule has 1 saturated heterocycles. The number of anilines is 1. The summed E-state index contributed by atoms with van der Waals surface area (Å²) >= 11 is 0. The summed E-state index contributed by atoms with van der Waals surface area (Å²) in [7, 11) is 0. The van der Waals surface area contributed by atoms with Crippen molar-refractivity contribution in [1.82, 2.24) is 4.90 Å². The Hall–Kier alpha value is -2.69. The van der Waals surface area contributed by atoms with E-state index in [1.165, 1.54) is 12.1 Å². The first kappa shape index (κ1) is 16.2. The van der Waals surface area contributed by atoms with Gasteiger partial charge in [0.1, 0.15) is 11.9 Å². The van der Waals surface area contributed by atoms with Crippen LogP contribution in [-0.2, 0) is 4.79 Å². The van der Waals surface area contributed by atoms with Gasteiger partial charge in [0.05, 0.1) is 5.69 Å². The number of nitrogens with one attached hydrogen (secondary N) is 1. The van der Waals surface area contributed by atoms with Crippen LogP contribution in [0.15, 0.2) is 48.5 Å². The molecule has 24 heavy (non-hydrogen) atoms. The normalized spacial score (nSPS) is 16.9. The van der Waals surface area contributed by atoms with E-state index >= 15 is 0 Å².